The molecule has 29 heavy (non-hydrogen) atoms. The summed E-state index contributed by atoms with van der Waals surface area (Å²) in [5, 5.41) is 20.0. The van der Waals surface area contributed by atoms with Crippen LogP contribution in [0.15, 0.2) is 30.0 Å². The quantitative estimate of drug-likeness (QED) is 0.334. The minimum absolute atomic E-state index is 0.0201. The van der Waals surface area contributed by atoms with Crippen molar-refractivity contribution in [1.82, 2.24) is 9.97 Å². The second kappa shape index (κ2) is 6.50. The molecule has 0 spiro atoms. The molecule has 4 bridgehead atoms. The van der Waals surface area contributed by atoms with Gasteiger partial charge in [-0.05, 0) is 62.5 Å². The maximum absolute atomic E-state index is 13.0. The number of benzene rings is 1. The number of carbonyl (C=O) groups excluding carboxylic acids is 1. The second-order valence-electron chi connectivity index (χ2n) is 9.00. The van der Waals surface area contributed by atoms with Crippen LogP contribution in [0.1, 0.15) is 44.3 Å². The van der Waals surface area contributed by atoms with Crippen LogP contribution in [0.25, 0.3) is 16.6 Å². The lowest BCUT2D eigenvalue weighted by Crippen LogP contribution is -2.56. The highest BCUT2D eigenvalue weighted by atomic mass is 35.5. The van der Waals surface area contributed by atoms with Gasteiger partial charge in [-0.15, -0.1) is 11.6 Å². The number of carbonyl (C=O) groups is 1. The normalized spacial score (nSPS) is 33.4. The molecule has 2 aromatic rings. The zero-order valence-electron chi connectivity index (χ0n) is 15.9. The Hall–Kier alpha value is -2.52. The summed E-state index contributed by atoms with van der Waals surface area (Å²) in [6.07, 6.45) is 5.39. The van der Waals surface area contributed by atoms with Gasteiger partial charge in [-0.1, -0.05) is 12.1 Å². The first-order chi connectivity index (χ1) is 13.9. The number of esters is 1. The van der Waals surface area contributed by atoms with E-state index in [-0.39, 0.29) is 34.6 Å². The number of nitrogens with one attached hydrogen (secondary N) is 1. The van der Waals surface area contributed by atoms with E-state index in [2.05, 4.69) is 9.97 Å². The van der Waals surface area contributed by atoms with Gasteiger partial charge in [0, 0.05) is 4.87 Å². The molecule has 4 aliphatic carbocycles. The number of nitrogens with zero attached hydrogens (tertiary/aromatic N) is 2. The first-order valence-electron chi connectivity index (χ1n) is 10.0. The number of rotatable bonds is 4. The number of aromatic amines is 1. The summed E-state index contributed by atoms with van der Waals surface area (Å²) in [6, 6.07) is 9.33. The number of aliphatic hydroxyl groups is 1. The first kappa shape index (κ1) is 18.5. The van der Waals surface area contributed by atoms with Crippen molar-refractivity contribution < 1.29 is 14.6 Å². The highest BCUT2D eigenvalue weighted by Crippen LogP contribution is 2.64. The minimum atomic E-state index is -0.543. The summed E-state index contributed by atoms with van der Waals surface area (Å²) in [6.45, 7) is -0.342. The van der Waals surface area contributed by atoms with Gasteiger partial charge in [0.05, 0.1) is 16.4 Å². The zero-order valence-corrected chi connectivity index (χ0v) is 16.7. The molecule has 4 saturated carbocycles. The van der Waals surface area contributed by atoms with E-state index in [4.69, 9.17) is 16.3 Å². The Bertz CT molecular complexity index is 1020. The van der Waals surface area contributed by atoms with E-state index < -0.39 is 5.41 Å². The standard InChI is InChI=1S/C22H22ClN3O3/c23-22-8-13-5-14(9-22)7-21(6-13,12-22)20(28)29-11-18(27)15(10-24)19-25-16-3-1-2-4-17(16)26-19/h1-4,13-14,27H,5-9,11-12H2,(H,25,26)/b18-15-/t13-,14+,21?,22?. The third-order valence-electron chi connectivity index (χ3n) is 6.79. The molecule has 6 nitrogen and oxygen atoms in total. The number of aromatic nitrogens is 2. The molecule has 1 aromatic carbocycles. The molecular weight excluding hydrogens is 390 g/mol. The summed E-state index contributed by atoms with van der Waals surface area (Å²) in [5.41, 5.74) is 0.897. The molecule has 2 N–H and O–H groups in total. The van der Waals surface area contributed by atoms with Gasteiger partial charge in [-0.25, -0.2) is 4.98 Å². The number of ether oxygens (including phenoxy) is 1. The lowest BCUT2D eigenvalue weighted by Gasteiger charge is -2.58. The van der Waals surface area contributed by atoms with Crippen LogP contribution in [0.4, 0.5) is 0 Å². The van der Waals surface area contributed by atoms with Crippen LogP contribution < -0.4 is 0 Å². The van der Waals surface area contributed by atoms with Crippen LogP contribution in [0.5, 0.6) is 0 Å². The van der Waals surface area contributed by atoms with Crippen molar-refractivity contribution in [2.24, 2.45) is 17.3 Å². The zero-order chi connectivity index (χ0) is 20.2. The van der Waals surface area contributed by atoms with Crippen molar-refractivity contribution in [2.45, 2.75) is 43.4 Å². The molecular formula is C22H22ClN3O3. The molecule has 0 amide bonds. The van der Waals surface area contributed by atoms with Gasteiger partial charge in [0.15, 0.2) is 11.6 Å². The summed E-state index contributed by atoms with van der Waals surface area (Å²) < 4.78 is 5.51. The SMILES string of the molecule is N#C/C(=C(/O)COC(=O)C12C[C@@H]3C[C@@H](CC(Cl)(C3)C1)C2)c1nc2ccccc2[nH]1. The average Bonchev–Trinajstić information content (AvgIpc) is 3.08. The number of H-pyrrole nitrogens is 1. The number of fused-ring (bicyclic) bond motifs is 1. The smallest absolute Gasteiger partial charge is 0.312 e. The van der Waals surface area contributed by atoms with E-state index in [1.54, 1.807) is 0 Å². The van der Waals surface area contributed by atoms with Crippen LogP contribution in [-0.4, -0.2) is 32.5 Å². The summed E-state index contributed by atoms with van der Waals surface area (Å²) in [7, 11) is 0. The van der Waals surface area contributed by atoms with Gasteiger partial charge in [0.1, 0.15) is 18.2 Å². The lowest BCUT2D eigenvalue weighted by atomic mass is 9.49. The molecule has 0 aliphatic heterocycles. The molecule has 6 rings (SSSR count). The molecule has 1 heterocycles. The van der Waals surface area contributed by atoms with Gasteiger partial charge >= 0.3 is 5.97 Å². The van der Waals surface area contributed by atoms with Crippen LogP contribution >= 0.6 is 11.6 Å². The first-order valence-corrected chi connectivity index (χ1v) is 10.4. The number of aliphatic hydroxyl groups excluding tert-OH is 1. The summed E-state index contributed by atoms with van der Waals surface area (Å²) in [5.74, 6) is 0.623. The summed E-state index contributed by atoms with van der Waals surface area (Å²) in [4.78, 5) is 20.1. The Morgan fingerprint density at radius 3 is 2.69 bits per heavy atom. The highest BCUT2D eigenvalue weighted by molar-refractivity contribution is 6.24. The van der Waals surface area contributed by atoms with Crippen LogP contribution in [-0.2, 0) is 9.53 Å². The fourth-order valence-corrected chi connectivity index (χ4v) is 6.77. The van der Waals surface area contributed by atoms with Gasteiger partial charge in [-0.2, -0.15) is 5.26 Å². The summed E-state index contributed by atoms with van der Waals surface area (Å²) >= 11 is 6.80. The lowest BCUT2D eigenvalue weighted by molar-refractivity contribution is -0.169. The average molecular weight is 412 g/mol. The maximum atomic E-state index is 13.0. The monoisotopic (exact) mass is 411 g/mol. The van der Waals surface area contributed by atoms with Crippen LogP contribution in [0.2, 0.25) is 0 Å². The molecule has 1 aromatic heterocycles. The molecule has 2 unspecified atom stereocenters. The van der Waals surface area contributed by atoms with E-state index in [9.17, 15) is 15.2 Å². The fraction of sp³-hybridized carbons (Fsp3) is 0.500. The number of halogens is 1. The number of allylic oxidation sites excluding steroid dienone is 1. The van der Waals surface area contributed by atoms with E-state index in [0.717, 1.165) is 37.6 Å². The van der Waals surface area contributed by atoms with Crippen molar-refractivity contribution >= 4 is 34.2 Å². The number of nitriles is 1. The molecule has 7 heteroatoms. The Labute approximate surface area is 173 Å². The molecule has 4 fully saturated rings. The Balaban J connectivity index is 1.35. The molecule has 4 atom stereocenters. The topological polar surface area (TPSA) is 99.0 Å². The predicted molar refractivity (Wildman–Crippen MR) is 108 cm³/mol. The molecule has 150 valence electrons. The van der Waals surface area contributed by atoms with Gasteiger partial charge in [0.25, 0.3) is 0 Å². The predicted octanol–water partition coefficient (Wildman–Crippen LogP) is 4.48. The van der Waals surface area contributed by atoms with E-state index >= 15 is 0 Å². The van der Waals surface area contributed by atoms with Gasteiger partial charge < -0.3 is 14.8 Å². The molecule has 0 radical (unpaired) electrons. The molecule has 4 aliphatic rings. The third kappa shape index (κ3) is 3.08. The third-order valence-corrected chi connectivity index (χ3v) is 7.23. The van der Waals surface area contributed by atoms with E-state index in [0.29, 0.717) is 23.8 Å². The number of imidazole rings is 1. The van der Waals surface area contributed by atoms with E-state index in [1.165, 1.54) is 0 Å². The number of para-hydroxylation sites is 2. The fourth-order valence-electron chi connectivity index (χ4n) is 6.07. The Kier molecular flexibility index (Phi) is 4.15. The highest BCUT2D eigenvalue weighted by Gasteiger charge is 2.60. The van der Waals surface area contributed by atoms with Gasteiger partial charge in [-0.3, -0.25) is 4.79 Å². The van der Waals surface area contributed by atoms with Crippen LogP contribution in [0.3, 0.4) is 0 Å². The Morgan fingerprint density at radius 1 is 1.31 bits per heavy atom. The van der Waals surface area contributed by atoms with Gasteiger partial charge in [0.2, 0.25) is 0 Å². The largest absolute Gasteiger partial charge is 0.507 e. The molecule has 0 saturated heterocycles. The van der Waals surface area contributed by atoms with Crippen molar-refractivity contribution in [2.75, 3.05) is 6.61 Å². The van der Waals surface area contributed by atoms with Crippen molar-refractivity contribution in [3.05, 3.63) is 35.8 Å². The number of hydrogen-bond acceptors (Lipinski definition) is 5. The van der Waals surface area contributed by atoms with Crippen molar-refractivity contribution in [3.63, 3.8) is 0 Å². The Morgan fingerprint density at radius 2 is 2.03 bits per heavy atom. The van der Waals surface area contributed by atoms with Crippen molar-refractivity contribution in [3.8, 4) is 6.07 Å². The second-order valence-corrected chi connectivity index (χ2v) is 9.81. The van der Waals surface area contributed by atoms with E-state index in [1.807, 2.05) is 30.3 Å². The van der Waals surface area contributed by atoms with Crippen molar-refractivity contribution in [1.29, 1.82) is 5.26 Å². The number of alkyl halides is 1. The maximum Gasteiger partial charge on any atom is 0.312 e. The van der Waals surface area contributed by atoms with Crippen LogP contribution in [0, 0.1) is 28.6 Å². The minimum Gasteiger partial charge on any atom is -0.507 e. The number of hydrogen-bond donors (Lipinski definition) is 2.